The van der Waals surface area contributed by atoms with Crippen LogP contribution in [0.5, 0.6) is 0 Å². The van der Waals surface area contributed by atoms with Crippen molar-refractivity contribution >= 4 is 57.8 Å². The lowest BCUT2D eigenvalue weighted by Crippen LogP contribution is -2.36. The van der Waals surface area contributed by atoms with E-state index in [1.54, 1.807) is 30.3 Å². The minimum absolute atomic E-state index is 0.274. The van der Waals surface area contributed by atoms with Gasteiger partial charge in [0.1, 0.15) is 6.54 Å². The number of thioether (sulfide) groups is 1. The molecule has 1 aliphatic rings. The van der Waals surface area contributed by atoms with Crippen molar-refractivity contribution < 1.29 is 19.2 Å². The summed E-state index contributed by atoms with van der Waals surface area (Å²) in [6.07, 6.45) is 1.64. The largest absolute Gasteiger partial charge is 0.348 e. The molecule has 1 aliphatic heterocycles. The number of imide groups is 1. The molecule has 1 saturated heterocycles. The molecule has 2 aromatic carbocycles. The Morgan fingerprint density at radius 2 is 1.70 bits per heavy atom. The fourth-order valence-corrected chi connectivity index (χ4v) is 4.70. The van der Waals surface area contributed by atoms with Crippen LogP contribution in [0.15, 0.2) is 77.0 Å². The highest BCUT2D eigenvalue weighted by molar-refractivity contribution is 8.18. The van der Waals surface area contributed by atoms with Crippen LogP contribution in [0, 0.1) is 0 Å². The van der Waals surface area contributed by atoms with E-state index in [0.29, 0.717) is 12.2 Å². The zero-order valence-corrected chi connectivity index (χ0v) is 18.9. The van der Waals surface area contributed by atoms with E-state index in [4.69, 9.17) is 0 Å². The van der Waals surface area contributed by atoms with Crippen LogP contribution in [0.4, 0.5) is 10.5 Å². The number of hydrogen-bond acceptors (Lipinski definition) is 6. The summed E-state index contributed by atoms with van der Waals surface area (Å²) in [6.45, 7) is -0.0955. The molecule has 2 heterocycles. The van der Waals surface area contributed by atoms with E-state index < -0.39 is 23.6 Å². The van der Waals surface area contributed by atoms with E-state index in [0.717, 1.165) is 27.1 Å². The van der Waals surface area contributed by atoms with Gasteiger partial charge >= 0.3 is 0 Å². The van der Waals surface area contributed by atoms with Crippen LogP contribution in [0.2, 0.25) is 0 Å². The van der Waals surface area contributed by atoms with Crippen LogP contribution in [0.25, 0.3) is 6.08 Å². The Bertz CT molecular complexity index is 1220. The first-order valence-corrected chi connectivity index (χ1v) is 11.7. The molecule has 9 heteroatoms. The zero-order valence-electron chi connectivity index (χ0n) is 17.3. The average molecular weight is 478 g/mol. The number of anilines is 1. The van der Waals surface area contributed by atoms with E-state index >= 15 is 0 Å². The Hall–Kier alpha value is -3.69. The van der Waals surface area contributed by atoms with Crippen LogP contribution < -0.4 is 10.6 Å². The molecule has 7 nitrogen and oxygen atoms in total. The second kappa shape index (κ2) is 10.3. The van der Waals surface area contributed by atoms with Crippen LogP contribution in [0.1, 0.15) is 20.8 Å². The molecule has 166 valence electrons. The van der Waals surface area contributed by atoms with E-state index in [1.807, 2.05) is 47.8 Å². The quantitative estimate of drug-likeness (QED) is 0.493. The Morgan fingerprint density at radius 1 is 0.939 bits per heavy atom. The molecule has 0 aliphatic carbocycles. The molecule has 0 spiro atoms. The Kier molecular flexibility index (Phi) is 7.01. The number of para-hydroxylation sites is 1. The van der Waals surface area contributed by atoms with Crippen molar-refractivity contribution in [3.05, 3.63) is 93.0 Å². The van der Waals surface area contributed by atoms with Crippen LogP contribution in [0.3, 0.4) is 0 Å². The number of nitrogens with one attached hydrogen (secondary N) is 2. The van der Waals surface area contributed by atoms with E-state index in [2.05, 4.69) is 10.6 Å². The highest BCUT2D eigenvalue weighted by Gasteiger charge is 2.36. The van der Waals surface area contributed by atoms with Gasteiger partial charge in [0.25, 0.3) is 17.1 Å². The standard InChI is InChI=1S/C24H19N3O4S2/c28-21(15-27-23(30)20(33-24(27)31)13-17-9-6-12-32-17)26-19-11-5-4-10-18(19)22(29)25-14-16-7-2-1-3-8-16/h1-13H,14-15H2,(H,25,29)(H,26,28)/b20-13-. The summed E-state index contributed by atoms with van der Waals surface area (Å²) in [5, 5.41) is 6.83. The number of rotatable bonds is 7. The maximum Gasteiger partial charge on any atom is 0.294 e. The first-order valence-electron chi connectivity index (χ1n) is 10.0. The lowest BCUT2D eigenvalue weighted by Gasteiger charge is -2.14. The van der Waals surface area contributed by atoms with Crippen LogP contribution in [-0.2, 0) is 16.1 Å². The topological polar surface area (TPSA) is 95.6 Å². The Labute approximate surface area is 198 Å². The number of hydrogen-bond donors (Lipinski definition) is 2. The highest BCUT2D eigenvalue weighted by Crippen LogP contribution is 2.32. The molecule has 0 radical (unpaired) electrons. The summed E-state index contributed by atoms with van der Waals surface area (Å²) in [6, 6.07) is 19.7. The molecule has 33 heavy (non-hydrogen) atoms. The number of carbonyl (C=O) groups excluding carboxylic acids is 4. The minimum Gasteiger partial charge on any atom is -0.348 e. The Morgan fingerprint density at radius 3 is 2.45 bits per heavy atom. The maximum absolute atomic E-state index is 12.7. The summed E-state index contributed by atoms with van der Waals surface area (Å²) in [5.41, 5.74) is 1.53. The van der Waals surface area contributed by atoms with Gasteiger partial charge in [0.05, 0.1) is 16.2 Å². The summed E-state index contributed by atoms with van der Waals surface area (Å²) >= 11 is 2.25. The summed E-state index contributed by atoms with van der Waals surface area (Å²) < 4.78 is 0. The molecular weight excluding hydrogens is 458 g/mol. The van der Waals surface area contributed by atoms with Crippen molar-refractivity contribution in [2.75, 3.05) is 11.9 Å². The van der Waals surface area contributed by atoms with Gasteiger partial charge in [0.2, 0.25) is 5.91 Å². The maximum atomic E-state index is 12.7. The van der Waals surface area contributed by atoms with Gasteiger partial charge in [0.15, 0.2) is 0 Å². The van der Waals surface area contributed by atoms with Crippen LogP contribution in [-0.4, -0.2) is 34.4 Å². The van der Waals surface area contributed by atoms with Crippen molar-refractivity contribution in [2.24, 2.45) is 0 Å². The molecular formula is C24H19N3O4S2. The molecule has 1 fully saturated rings. The molecule has 0 saturated carbocycles. The summed E-state index contributed by atoms with van der Waals surface area (Å²) in [5.74, 6) is -1.43. The second-order valence-corrected chi connectivity index (χ2v) is 9.02. The molecule has 0 bridgehead atoms. The third-order valence-electron chi connectivity index (χ3n) is 4.73. The number of amides is 4. The van der Waals surface area contributed by atoms with Crippen molar-refractivity contribution in [1.82, 2.24) is 10.2 Å². The van der Waals surface area contributed by atoms with Crippen molar-refractivity contribution in [2.45, 2.75) is 6.54 Å². The van der Waals surface area contributed by atoms with E-state index in [9.17, 15) is 19.2 Å². The third kappa shape index (κ3) is 5.57. The monoisotopic (exact) mass is 477 g/mol. The smallest absolute Gasteiger partial charge is 0.294 e. The van der Waals surface area contributed by atoms with Gasteiger partial charge < -0.3 is 10.6 Å². The molecule has 3 aromatic rings. The predicted octanol–water partition coefficient (Wildman–Crippen LogP) is 4.35. The van der Waals surface area contributed by atoms with E-state index in [1.165, 1.54) is 11.3 Å². The van der Waals surface area contributed by atoms with Gasteiger partial charge in [-0.2, -0.15) is 0 Å². The summed E-state index contributed by atoms with van der Waals surface area (Å²) in [4.78, 5) is 52.2. The lowest BCUT2D eigenvalue weighted by atomic mass is 10.1. The number of carbonyl (C=O) groups is 4. The van der Waals surface area contributed by atoms with Crippen LogP contribution >= 0.6 is 23.1 Å². The number of benzene rings is 2. The third-order valence-corrected chi connectivity index (χ3v) is 6.46. The number of nitrogens with zero attached hydrogens (tertiary/aromatic N) is 1. The lowest BCUT2D eigenvalue weighted by molar-refractivity contribution is -0.127. The van der Waals surface area contributed by atoms with Gasteiger partial charge in [-0.3, -0.25) is 24.1 Å². The molecule has 0 unspecified atom stereocenters. The van der Waals surface area contributed by atoms with E-state index in [-0.39, 0.29) is 16.4 Å². The van der Waals surface area contributed by atoms with Gasteiger partial charge in [-0.15, -0.1) is 11.3 Å². The molecule has 2 N–H and O–H groups in total. The zero-order chi connectivity index (χ0) is 23.2. The fourth-order valence-electron chi connectivity index (χ4n) is 3.14. The second-order valence-electron chi connectivity index (χ2n) is 7.05. The SMILES string of the molecule is O=C(CN1C(=O)S/C(=C\c2cccs2)C1=O)Nc1ccccc1C(=O)NCc1ccccc1. The number of thiophene rings is 1. The van der Waals surface area contributed by atoms with Gasteiger partial charge in [-0.1, -0.05) is 48.5 Å². The van der Waals surface area contributed by atoms with Gasteiger partial charge in [-0.25, -0.2) is 0 Å². The molecule has 4 rings (SSSR count). The minimum atomic E-state index is -0.571. The van der Waals surface area contributed by atoms with Gasteiger partial charge in [0, 0.05) is 11.4 Å². The first kappa shape index (κ1) is 22.5. The summed E-state index contributed by atoms with van der Waals surface area (Å²) in [7, 11) is 0. The van der Waals surface area contributed by atoms with Crippen molar-refractivity contribution in [3.63, 3.8) is 0 Å². The highest BCUT2D eigenvalue weighted by atomic mass is 32.2. The molecule has 1 aromatic heterocycles. The molecule has 0 atom stereocenters. The average Bonchev–Trinajstić information content (AvgIpc) is 3.42. The normalized spacial score (nSPS) is 14.5. The first-order chi connectivity index (χ1) is 16.0. The van der Waals surface area contributed by atoms with Gasteiger partial charge in [-0.05, 0) is 47.0 Å². The Balaban J connectivity index is 1.40. The fraction of sp³-hybridized carbons (Fsp3) is 0.0833. The van der Waals surface area contributed by atoms with Crippen molar-refractivity contribution in [1.29, 1.82) is 0 Å². The van der Waals surface area contributed by atoms with Crippen molar-refractivity contribution in [3.8, 4) is 0 Å². The predicted molar refractivity (Wildman–Crippen MR) is 130 cm³/mol. The molecule has 4 amide bonds.